The van der Waals surface area contributed by atoms with Crippen LogP contribution in [0, 0.1) is 17.8 Å². The lowest BCUT2D eigenvalue weighted by molar-refractivity contribution is 0.309. The number of nitrogens with two attached hydrogens (primary N) is 1. The fourth-order valence-corrected chi connectivity index (χ4v) is 2.29. The van der Waals surface area contributed by atoms with Gasteiger partial charge in [0.1, 0.15) is 5.82 Å². The minimum absolute atomic E-state index is 0.201. The maximum Gasteiger partial charge on any atom is 0.303 e. The summed E-state index contributed by atoms with van der Waals surface area (Å²) in [5, 5.41) is 0. The zero-order valence-electron chi connectivity index (χ0n) is 13.9. The fourth-order valence-electron chi connectivity index (χ4n) is 2.29. The molecule has 2 aromatic heterocycles. The SMILES string of the molecule is CCOc1nc2ccc(C#CC(C)C)cc2n1-c1ccnc(N)n1. The highest BCUT2D eigenvalue weighted by atomic mass is 16.5. The van der Waals surface area contributed by atoms with Gasteiger partial charge in [-0.3, -0.25) is 0 Å². The molecule has 6 nitrogen and oxygen atoms in total. The number of aromatic nitrogens is 4. The molecule has 2 heterocycles. The average molecular weight is 321 g/mol. The Balaban J connectivity index is 2.21. The van der Waals surface area contributed by atoms with Gasteiger partial charge in [-0.25, -0.2) is 9.55 Å². The van der Waals surface area contributed by atoms with Crippen LogP contribution in [0.2, 0.25) is 0 Å². The van der Waals surface area contributed by atoms with E-state index in [9.17, 15) is 0 Å². The lowest BCUT2D eigenvalue weighted by Gasteiger charge is -2.08. The van der Waals surface area contributed by atoms with Gasteiger partial charge in [0.05, 0.1) is 17.6 Å². The van der Waals surface area contributed by atoms with Crippen LogP contribution in [-0.2, 0) is 0 Å². The maximum atomic E-state index is 5.72. The van der Waals surface area contributed by atoms with Gasteiger partial charge in [-0.15, -0.1) is 0 Å². The molecule has 0 saturated carbocycles. The molecule has 2 N–H and O–H groups in total. The number of nitrogens with zero attached hydrogens (tertiary/aromatic N) is 4. The van der Waals surface area contributed by atoms with Crippen LogP contribution in [0.1, 0.15) is 26.3 Å². The lowest BCUT2D eigenvalue weighted by atomic mass is 10.1. The van der Waals surface area contributed by atoms with Crippen LogP contribution in [0.25, 0.3) is 16.9 Å². The van der Waals surface area contributed by atoms with Crippen molar-refractivity contribution in [1.82, 2.24) is 19.5 Å². The zero-order chi connectivity index (χ0) is 17.1. The van der Waals surface area contributed by atoms with Crippen molar-refractivity contribution >= 4 is 17.0 Å². The second kappa shape index (κ2) is 6.59. The summed E-state index contributed by atoms with van der Waals surface area (Å²) in [5.41, 5.74) is 8.32. The number of hydrogen-bond acceptors (Lipinski definition) is 5. The van der Waals surface area contributed by atoms with E-state index in [1.165, 1.54) is 0 Å². The van der Waals surface area contributed by atoms with E-state index in [2.05, 4.69) is 40.6 Å². The molecule has 0 unspecified atom stereocenters. The van der Waals surface area contributed by atoms with E-state index < -0.39 is 0 Å². The Labute approximate surface area is 140 Å². The quantitative estimate of drug-likeness (QED) is 0.750. The third kappa shape index (κ3) is 3.15. The molecular formula is C18H19N5O. The molecule has 3 aromatic rings. The number of ether oxygens (including phenoxy) is 1. The van der Waals surface area contributed by atoms with Crippen LogP contribution in [0.3, 0.4) is 0 Å². The first-order chi connectivity index (χ1) is 11.6. The number of anilines is 1. The first-order valence-corrected chi connectivity index (χ1v) is 7.84. The van der Waals surface area contributed by atoms with Crippen LogP contribution >= 0.6 is 0 Å². The van der Waals surface area contributed by atoms with Crippen molar-refractivity contribution in [3.63, 3.8) is 0 Å². The predicted octanol–water partition coefficient (Wildman–Crippen LogP) is 2.80. The maximum absolute atomic E-state index is 5.72. The molecular weight excluding hydrogens is 302 g/mol. The number of fused-ring (bicyclic) bond motifs is 1. The molecule has 122 valence electrons. The van der Waals surface area contributed by atoms with Crippen molar-refractivity contribution in [2.75, 3.05) is 12.3 Å². The first kappa shape index (κ1) is 15.8. The summed E-state index contributed by atoms with van der Waals surface area (Å²) in [4.78, 5) is 12.8. The van der Waals surface area contributed by atoms with Gasteiger partial charge in [0.2, 0.25) is 5.95 Å². The smallest absolute Gasteiger partial charge is 0.303 e. The largest absolute Gasteiger partial charge is 0.465 e. The van der Waals surface area contributed by atoms with Crippen molar-refractivity contribution in [3.05, 3.63) is 36.0 Å². The van der Waals surface area contributed by atoms with E-state index in [-0.39, 0.29) is 5.95 Å². The molecule has 0 aliphatic carbocycles. The van der Waals surface area contributed by atoms with Crippen LogP contribution < -0.4 is 10.5 Å². The van der Waals surface area contributed by atoms with Gasteiger partial charge in [0, 0.05) is 23.7 Å². The fraction of sp³-hybridized carbons (Fsp3) is 0.278. The van der Waals surface area contributed by atoms with Gasteiger partial charge in [-0.2, -0.15) is 9.97 Å². The van der Waals surface area contributed by atoms with Crippen LogP contribution in [-0.4, -0.2) is 26.1 Å². The first-order valence-electron chi connectivity index (χ1n) is 7.84. The molecule has 0 aliphatic heterocycles. The van der Waals surface area contributed by atoms with E-state index in [0.717, 1.165) is 16.6 Å². The molecule has 0 aliphatic rings. The molecule has 6 heteroatoms. The van der Waals surface area contributed by atoms with E-state index >= 15 is 0 Å². The monoisotopic (exact) mass is 321 g/mol. The van der Waals surface area contributed by atoms with Gasteiger partial charge in [0.25, 0.3) is 0 Å². The average Bonchev–Trinajstić information content (AvgIpc) is 2.90. The van der Waals surface area contributed by atoms with E-state index in [4.69, 9.17) is 10.5 Å². The summed E-state index contributed by atoms with van der Waals surface area (Å²) < 4.78 is 7.50. The Hall–Kier alpha value is -3.07. The number of rotatable bonds is 3. The normalized spacial score (nSPS) is 10.7. The number of nitrogen functional groups attached to an aromatic ring is 1. The Morgan fingerprint density at radius 1 is 1.25 bits per heavy atom. The molecule has 0 bridgehead atoms. The highest BCUT2D eigenvalue weighted by Gasteiger charge is 2.15. The van der Waals surface area contributed by atoms with E-state index in [1.807, 2.05) is 29.7 Å². The van der Waals surface area contributed by atoms with E-state index in [0.29, 0.717) is 24.4 Å². The molecule has 0 atom stereocenters. The molecule has 1 aromatic carbocycles. The number of imidazole rings is 1. The van der Waals surface area contributed by atoms with Crippen molar-refractivity contribution < 1.29 is 4.74 Å². The third-order valence-corrected chi connectivity index (χ3v) is 3.29. The standard InChI is InChI=1S/C18H19N5O/c1-4-24-18-21-14-8-7-13(6-5-12(2)3)11-15(14)23(18)16-9-10-20-17(19)22-16/h7-12H,4H2,1-3H3,(H2,19,20,22). The van der Waals surface area contributed by atoms with Gasteiger partial charge in [-0.1, -0.05) is 25.7 Å². The molecule has 24 heavy (non-hydrogen) atoms. The number of hydrogen-bond donors (Lipinski definition) is 1. The molecule has 0 radical (unpaired) electrons. The summed E-state index contributed by atoms with van der Waals surface area (Å²) >= 11 is 0. The molecule has 0 spiro atoms. The van der Waals surface area contributed by atoms with Crippen LogP contribution in [0.4, 0.5) is 5.95 Å². The Kier molecular flexibility index (Phi) is 4.34. The zero-order valence-corrected chi connectivity index (χ0v) is 13.9. The van der Waals surface area contributed by atoms with Gasteiger partial charge in [-0.05, 0) is 25.1 Å². The molecule has 0 fully saturated rings. The van der Waals surface area contributed by atoms with Gasteiger partial charge < -0.3 is 10.5 Å². The summed E-state index contributed by atoms with van der Waals surface area (Å²) in [6.45, 7) is 6.54. The topological polar surface area (TPSA) is 78.8 Å². The second-order valence-corrected chi connectivity index (χ2v) is 5.56. The highest BCUT2D eigenvalue weighted by Crippen LogP contribution is 2.26. The highest BCUT2D eigenvalue weighted by molar-refractivity contribution is 5.80. The summed E-state index contributed by atoms with van der Waals surface area (Å²) in [6.07, 6.45) is 1.61. The minimum Gasteiger partial charge on any atom is -0.465 e. The van der Waals surface area contributed by atoms with E-state index in [1.54, 1.807) is 12.3 Å². The summed E-state index contributed by atoms with van der Waals surface area (Å²) in [7, 11) is 0. The molecule has 0 amide bonds. The lowest BCUT2D eigenvalue weighted by Crippen LogP contribution is -2.05. The van der Waals surface area contributed by atoms with Gasteiger partial charge >= 0.3 is 6.01 Å². The van der Waals surface area contributed by atoms with Crippen LogP contribution in [0.5, 0.6) is 6.01 Å². The minimum atomic E-state index is 0.201. The predicted molar refractivity (Wildman–Crippen MR) is 94.0 cm³/mol. The van der Waals surface area contributed by atoms with Crippen molar-refractivity contribution in [3.8, 4) is 23.7 Å². The van der Waals surface area contributed by atoms with Crippen molar-refractivity contribution in [2.24, 2.45) is 5.92 Å². The Morgan fingerprint density at radius 3 is 2.79 bits per heavy atom. The third-order valence-electron chi connectivity index (χ3n) is 3.29. The van der Waals surface area contributed by atoms with Gasteiger partial charge in [0.15, 0.2) is 0 Å². The molecule has 0 saturated heterocycles. The summed E-state index contributed by atoms with van der Waals surface area (Å²) in [5.74, 6) is 7.47. The van der Waals surface area contributed by atoms with Crippen LogP contribution in [0.15, 0.2) is 30.5 Å². The van der Waals surface area contributed by atoms with Crippen molar-refractivity contribution in [1.29, 1.82) is 0 Å². The second-order valence-electron chi connectivity index (χ2n) is 5.56. The van der Waals surface area contributed by atoms with Crippen molar-refractivity contribution in [2.45, 2.75) is 20.8 Å². The molecule has 3 rings (SSSR count). The summed E-state index contributed by atoms with van der Waals surface area (Å²) in [6, 6.07) is 8.12. The Morgan fingerprint density at radius 2 is 2.08 bits per heavy atom. The Bertz CT molecular complexity index is 933. The number of benzene rings is 1.